The van der Waals surface area contributed by atoms with Crippen molar-refractivity contribution >= 4 is 22.0 Å². The average Bonchev–Trinajstić information content (AvgIpc) is 3.05. The lowest BCUT2D eigenvalue weighted by atomic mass is 10.2. The van der Waals surface area contributed by atoms with E-state index in [0.717, 1.165) is 10.0 Å². The first-order valence-electron chi connectivity index (χ1n) is 6.22. The van der Waals surface area contributed by atoms with Gasteiger partial charge in [-0.15, -0.1) is 0 Å². The lowest BCUT2D eigenvalue weighted by Crippen LogP contribution is -2.26. The first-order chi connectivity index (χ1) is 9.72. The maximum Gasteiger partial charge on any atom is 0.409 e. The molecular formula is C13H12BrN3O3. The second kappa shape index (κ2) is 5.62. The molecule has 7 heteroatoms. The van der Waals surface area contributed by atoms with Crippen molar-refractivity contribution in [1.29, 1.82) is 0 Å². The van der Waals surface area contributed by atoms with Crippen LogP contribution in [0.15, 0.2) is 33.3 Å². The third-order valence-corrected chi connectivity index (χ3v) is 3.48. The zero-order chi connectivity index (χ0) is 13.9. The summed E-state index contributed by atoms with van der Waals surface area (Å²) >= 11 is 3.40. The molecule has 1 fully saturated rings. The van der Waals surface area contributed by atoms with Crippen molar-refractivity contribution in [2.24, 2.45) is 0 Å². The highest BCUT2D eigenvalue weighted by Gasteiger charge is 2.22. The number of aromatic nitrogens is 2. The highest BCUT2D eigenvalue weighted by molar-refractivity contribution is 9.10. The quantitative estimate of drug-likeness (QED) is 0.857. The Kier molecular flexibility index (Phi) is 3.68. The first kappa shape index (κ1) is 13.1. The molecule has 0 bridgehead atoms. The van der Waals surface area contributed by atoms with Gasteiger partial charge in [0.15, 0.2) is 0 Å². The minimum atomic E-state index is -0.281. The van der Waals surface area contributed by atoms with Crippen LogP contribution in [0, 0.1) is 0 Å². The fourth-order valence-electron chi connectivity index (χ4n) is 1.96. The molecule has 0 atom stereocenters. The van der Waals surface area contributed by atoms with E-state index in [-0.39, 0.29) is 6.09 Å². The minimum absolute atomic E-state index is 0.281. The zero-order valence-electron chi connectivity index (χ0n) is 10.6. The number of cyclic esters (lactones) is 1. The Bertz CT molecular complexity index is 629. The van der Waals surface area contributed by atoms with E-state index in [4.69, 9.17) is 9.26 Å². The Balaban J connectivity index is 1.66. The Hall–Kier alpha value is -1.89. The summed E-state index contributed by atoms with van der Waals surface area (Å²) in [6, 6.07) is 7.68. The third kappa shape index (κ3) is 2.82. The molecule has 104 valence electrons. The number of nitrogens with zero attached hydrogens (tertiary/aromatic N) is 3. The molecule has 0 spiro atoms. The molecule has 1 aromatic heterocycles. The molecule has 0 saturated carbocycles. The van der Waals surface area contributed by atoms with Crippen LogP contribution in [0.3, 0.4) is 0 Å². The molecule has 1 aliphatic heterocycles. The molecule has 0 radical (unpaired) electrons. The smallest absolute Gasteiger partial charge is 0.409 e. The zero-order valence-corrected chi connectivity index (χ0v) is 12.2. The summed E-state index contributed by atoms with van der Waals surface area (Å²) in [6.45, 7) is 1.59. The maximum absolute atomic E-state index is 11.3. The van der Waals surface area contributed by atoms with Crippen LogP contribution in [0.2, 0.25) is 0 Å². The molecule has 1 saturated heterocycles. The predicted octanol–water partition coefficient (Wildman–Crippen LogP) is 2.49. The molecular weight excluding hydrogens is 326 g/mol. The number of carbonyl (C=O) groups excluding carboxylic acids is 1. The van der Waals surface area contributed by atoms with Gasteiger partial charge in [-0.2, -0.15) is 4.98 Å². The van der Waals surface area contributed by atoms with Gasteiger partial charge in [-0.3, -0.25) is 0 Å². The van der Waals surface area contributed by atoms with Gasteiger partial charge < -0.3 is 14.2 Å². The molecule has 6 nitrogen and oxygen atoms in total. The Labute approximate surface area is 123 Å². The number of hydrogen-bond donors (Lipinski definition) is 0. The summed E-state index contributed by atoms with van der Waals surface area (Å²) in [5.41, 5.74) is 0.884. The van der Waals surface area contributed by atoms with E-state index in [2.05, 4.69) is 26.1 Å². The van der Waals surface area contributed by atoms with Gasteiger partial charge in [0, 0.05) is 23.0 Å². The Morgan fingerprint density at radius 1 is 1.40 bits per heavy atom. The van der Waals surface area contributed by atoms with Crippen LogP contribution < -0.4 is 0 Å². The number of halogens is 1. The Morgan fingerprint density at radius 2 is 2.30 bits per heavy atom. The van der Waals surface area contributed by atoms with Crippen molar-refractivity contribution in [3.63, 3.8) is 0 Å². The van der Waals surface area contributed by atoms with Gasteiger partial charge in [0.2, 0.25) is 11.7 Å². The van der Waals surface area contributed by atoms with E-state index in [1.54, 1.807) is 4.90 Å². The number of ether oxygens (including phenoxy) is 1. The van der Waals surface area contributed by atoms with Crippen LogP contribution in [0.25, 0.3) is 11.4 Å². The van der Waals surface area contributed by atoms with Gasteiger partial charge in [0.1, 0.15) is 6.61 Å². The summed E-state index contributed by atoms with van der Waals surface area (Å²) in [5, 5.41) is 3.95. The summed E-state index contributed by atoms with van der Waals surface area (Å²) < 4.78 is 11.0. The van der Waals surface area contributed by atoms with Crippen molar-refractivity contribution in [3.8, 4) is 11.4 Å². The molecule has 1 aromatic carbocycles. The van der Waals surface area contributed by atoms with Crippen molar-refractivity contribution in [1.82, 2.24) is 15.0 Å². The van der Waals surface area contributed by atoms with Gasteiger partial charge in [-0.05, 0) is 12.1 Å². The molecule has 0 aliphatic carbocycles. The van der Waals surface area contributed by atoms with Crippen LogP contribution in [0.5, 0.6) is 0 Å². The molecule has 3 rings (SSSR count). The number of benzene rings is 1. The molecule has 0 unspecified atom stereocenters. The van der Waals surface area contributed by atoms with E-state index < -0.39 is 0 Å². The van der Waals surface area contributed by atoms with E-state index in [9.17, 15) is 4.79 Å². The molecule has 20 heavy (non-hydrogen) atoms. The van der Waals surface area contributed by atoms with Gasteiger partial charge >= 0.3 is 6.09 Å². The average molecular weight is 338 g/mol. The van der Waals surface area contributed by atoms with Crippen LogP contribution in [0.4, 0.5) is 4.79 Å². The normalized spacial score (nSPS) is 14.7. The molecule has 1 amide bonds. The highest BCUT2D eigenvalue weighted by atomic mass is 79.9. The van der Waals surface area contributed by atoms with Gasteiger partial charge in [-0.25, -0.2) is 4.79 Å². The van der Waals surface area contributed by atoms with Gasteiger partial charge in [0.25, 0.3) is 0 Å². The van der Waals surface area contributed by atoms with Crippen LogP contribution in [-0.4, -0.2) is 40.8 Å². The topological polar surface area (TPSA) is 68.5 Å². The number of amides is 1. The van der Waals surface area contributed by atoms with Crippen LogP contribution in [0.1, 0.15) is 5.89 Å². The monoisotopic (exact) mass is 337 g/mol. The van der Waals surface area contributed by atoms with Crippen molar-refractivity contribution in [3.05, 3.63) is 34.6 Å². The van der Waals surface area contributed by atoms with E-state index in [1.165, 1.54) is 0 Å². The summed E-state index contributed by atoms with van der Waals surface area (Å²) in [5.74, 6) is 1.06. The van der Waals surface area contributed by atoms with Crippen molar-refractivity contribution in [2.45, 2.75) is 6.42 Å². The SMILES string of the molecule is O=C1OCCN1CCc1nc(-c2cccc(Br)c2)no1. The Morgan fingerprint density at radius 3 is 3.05 bits per heavy atom. The summed E-state index contributed by atoms with van der Waals surface area (Å²) in [7, 11) is 0. The van der Waals surface area contributed by atoms with E-state index in [1.807, 2.05) is 24.3 Å². The number of rotatable bonds is 4. The molecule has 2 heterocycles. The second-order valence-electron chi connectivity index (χ2n) is 4.37. The minimum Gasteiger partial charge on any atom is -0.448 e. The lowest BCUT2D eigenvalue weighted by molar-refractivity contribution is 0.158. The van der Waals surface area contributed by atoms with E-state index >= 15 is 0 Å². The van der Waals surface area contributed by atoms with Crippen molar-refractivity contribution in [2.75, 3.05) is 19.7 Å². The molecule has 0 N–H and O–H groups in total. The fourth-order valence-corrected chi connectivity index (χ4v) is 2.36. The van der Waals surface area contributed by atoms with Crippen molar-refractivity contribution < 1.29 is 14.1 Å². The largest absolute Gasteiger partial charge is 0.448 e. The number of carbonyl (C=O) groups is 1. The van der Waals surface area contributed by atoms with Crippen LogP contribution in [-0.2, 0) is 11.2 Å². The summed E-state index contributed by atoms with van der Waals surface area (Å²) in [6.07, 6.45) is 0.243. The first-order valence-corrected chi connectivity index (χ1v) is 7.02. The number of hydrogen-bond acceptors (Lipinski definition) is 5. The molecule has 2 aromatic rings. The molecule has 1 aliphatic rings. The lowest BCUT2D eigenvalue weighted by Gasteiger charge is -2.09. The third-order valence-electron chi connectivity index (χ3n) is 2.99. The van der Waals surface area contributed by atoms with Gasteiger partial charge in [-0.1, -0.05) is 33.2 Å². The standard InChI is InChI=1S/C13H12BrN3O3/c14-10-3-1-2-9(8-10)12-15-11(20-16-12)4-5-17-6-7-19-13(17)18/h1-3,8H,4-7H2. The summed E-state index contributed by atoms with van der Waals surface area (Å²) in [4.78, 5) is 17.2. The predicted molar refractivity (Wildman–Crippen MR) is 74.1 cm³/mol. The van der Waals surface area contributed by atoms with E-state index in [0.29, 0.717) is 37.8 Å². The fraction of sp³-hybridized carbons (Fsp3) is 0.308. The highest BCUT2D eigenvalue weighted by Crippen LogP contribution is 2.20. The second-order valence-corrected chi connectivity index (χ2v) is 5.29. The van der Waals surface area contributed by atoms with Crippen LogP contribution >= 0.6 is 15.9 Å². The maximum atomic E-state index is 11.3. The van der Waals surface area contributed by atoms with Gasteiger partial charge in [0.05, 0.1) is 6.54 Å².